The van der Waals surface area contributed by atoms with Crippen molar-refractivity contribution in [2.75, 3.05) is 0 Å². The number of aromatic nitrogens is 3. The highest BCUT2D eigenvalue weighted by Gasteiger charge is 2.36. The van der Waals surface area contributed by atoms with Gasteiger partial charge in [-0.3, -0.25) is 4.57 Å². The molecule has 0 saturated carbocycles. The zero-order chi connectivity index (χ0) is 32.4. The maximum Gasteiger partial charge on any atom is 0.236 e. The summed E-state index contributed by atoms with van der Waals surface area (Å²) in [6.45, 7) is 4.67. The number of fused-ring (bicyclic) bond motifs is 11. The van der Waals surface area contributed by atoms with Gasteiger partial charge in [-0.2, -0.15) is 0 Å². The molecule has 11 rings (SSSR count). The van der Waals surface area contributed by atoms with Crippen LogP contribution in [-0.2, 0) is 5.41 Å². The normalized spacial score (nSPS) is 13.7. The van der Waals surface area contributed by atoms with E-state index in [0.717, 1.165) is 60.3 Å². The number of benzene rings is 7. The summed E-state index contributed by atoms with van der Waals surface area (Å²) in [5, 5.41) is 7.94. The second-order valence-electron chi connectivity index (χ2n) is 13.8. The summed E-state index contributed by atoms with van der Waals surface area (Å²) in [5.41, 5.74) is 11.5. The SMILES string of the molecule is CC1(C)c2ccccc2-c2cc3c(cc21)c1ccccc1n3-c1nc(-c2cccc3ccccc23)c2oc3cc4ccccc4cc3c2n1. The molecule has 0 saturated heterocycles. The number of hydrogen-bond acceptors (Lipinski definition) is 3. The van der Waals surface area contributed by atoms with Gasteiger partial charge in [-0.25, -0.2) is 9.97 Å². The van der Waals surface area contributed by atoms with Crippen molar-refractivity contribution in [1.29, 1.82) is 0 Å². The minimum absolute atomic E-state index is 0.0985. The standard InChI is InChI=1S/C45H29N3O/c1-45(2)36-20-9-7-17-30(36)33-25-39-34(24-37(33)45)31-18-8-10-21-38(31)48(39)44-46-41(32-19-11-15-26-12-5-6-16-29(26)32)43-42(47-44)35-22-27-13-3-4-14-28(27)23-40(35)49-43/h3-25H,1-2H3. The van der Waals surface area contributed by atoms with Crippen LogP contribution in [0.4, 0.5) is 0 Å². The lowest BCUT2D eigenvalue weighted by Gasteiger charge is -2.21. The van der Waals surface area contributed by atoms with Crippen molar-refractivity contribution in [3.05, 3.63) is 151 Å². The minimum Gasteiger partial charge on any atom is -0.452 e. The van der Waals surface area contributed by atoms with Crippen LogP contribution < -0.4 is 0 Å². The molecule has 0 amide bonds. The second-order valence-corrected chi connectivity index (χ2v) is 13.8. The van der Waals surface area contributed by atoms with E-state index in [0.29, 0.717) is 11.5 Å². The Hall–Kier alpha value is -6.26. The highest BCUT2D eigenvalue weighted by Crippen LogP contribution is 2.51. The summed E-state index contributed by atoms with van der Waals surface area (Å²) < 4.78 is 8.99. The molecule has 0 radical (unpaired) electrons. The van der Waals surface area contributed by atoms with E-state index >= 15 is 0 Å². The van der Waals surface area contributed by atoms with E-state index in [1.807, 2.05) is 0 Å². The molecule has 0 aliphatic heterocycles. The van der Waals surface area contributed by atoms with Gasteiger partial charge >= 0.3 is 0 Å². The van der Waals surface area contributed by atoms with Crippen molar-refractivity contribution >= 4 is 65.4 Å². The largest absolute Gasteiger partial charge is 0.452 e. The van der Waals surface area contributed by atoms with Crippen LogP contribution in [0.5, 0.6) is 0 Å². The van der Waals surface area contributed by atoms with Crippen LogP contribution in [0, 0.1) is 0 Å². The lowest BCUT2D eigenvalue weighted by molar-refractivity contribution is 0.661. The molecule has 3 aromatic heterocycles. The van der Waals surface area contributed by atoms with E-state index in [9.17, 15) is 0 Å². The minimum atomic E-state index is -0.0985. The third-order valence-corrected chi connectivity index (χ3v) is 10.8. The van der Waals surface area contributed by atoms with E-state index in [-0.39, 0.29) is 5.41 Å². The fraction of sp³-hybridized carbons (Fsp3) is 0.0667. The maximum atomic E-state index is 6.73. The Morgan fingerprint density at radius 1 is 0.510 bits per heavy atom. The van der Waals surface area contributed by atoms with Gasteiger partial charge in [-0.1, -0.05) is 123 Å². The Morgan fingerprint density at radius 2 is 1.20 bits per heavy atom. The fourth-order valence-electron chi connectivity index (χ4n) is 8.41. The first kappa shape index (κ1) is 26.8. The number of hydrogen-bond donors (Lipinski definition) is 0. The van der Waals surface area contributed by atoms with Gasteiger partial charge in [0.05, 0.1) is 11.0 Å². The zero-order valence-electron chi connectivity index (χ0n) is 27.0. The van der Waals surface area contributed by atoms with Crippen LogP contribution in [0.2, 0.25) is 0 Å². The smallest absolute Gasteiger partial charge is 0.236 e. The Bertz CT molecular complexity index is 3030. The molecule has 230 valence electrons. The highest BCUT2D eigenvalue weighted by atomic mass is 16.3. The zero-order valence-corrected chi connectivity index (χ0v) is 27.0. The molecule has 49 heavy (non-hydrogen) atoms. The van der Waals surface area contributed by atoms with Crippen molar-refractivity contribution < 1.29 is 4.42 Å². The Labute approximate surface area is 281 Å². The molecule has 0 spiro atoms. The fourth-order valence-corrected chi connectivity index (χ4v) is 8.41. The molecular formula is C45H29N3O. The van der Waals surface area contributed by atoms with Crippen LogP contribution in [0.15, 0.2) is 144 Å². The summed E-state index contributed by atoms with van der Waals surface area (Å²) in [7, 11) is 0. The van der Waals surface area contributed by atoms with Gasteiger partial charge in [0.25, 0.3) is 0 Å². The first-order valence-corrected chi connectivity index (χ1v) is 16.8. The molecule has 0 fully saturated rings. The monoisotopic (exact) mass is 627 g/mol. The molecule has 7 aromatic carbocycles. The van der Waals surface area contributed by atoms with Gasteiger partial charge in [0, 0.05) is 27.1 Å². The molecular weight excluding hydrogens is 599 g/mol. The lowest BCUT2D eigenvalue weighted by Crippen LogP contribution is -2.14. The number of rotatable bonds is 2. The van der Waals surface area contributed by atoms with E-state index in [1.165, 1.54) is 33.0 Å². The molecule has 0 N–H and O–H groups in total. The van der Waals surface area contributed by atoms with Crippen LogP contribution in [0.3, 0.4) is 0 Å². The average Bonchev–Trinajstić information content (AvgIpc) is 3.74. The third-order valence-electron chi connectivity index (χ3n) is 10.8. The van der Waals surface area contributed by atoms with Crippen molar-refractivity contribution in [3.63, 3.8) is 0 Å². The summed E-state index contributed by atoms with van der Waals surface area (Å²) in [6, 6.07) is 49.9. The van der Waals surface area contributed by atoms with E-state index in [2.05, 4.69) is 158 Å². The second kappa shape index (κ2) is 9.42. The van der Waals surface area contributed by atoms with Crippen LogP contribution >= 0.6 is 0 Å². The molecule has 1 aliphatic rings. The van der Waals surface area contributed by atoms with Crippen molar-refractivity contribution in [2.24, 2.45) is 0 Å². The molecule has 0 unspecified atom stereocenters. The van der Waals surface area contributed by atoms with Gasteiger partial charge in [0.2, 0.25) is 5.95 Å². The molecule has 0 bridgehead atoms. The predicted octanol–water partition coefficient (Wildman–Crippen LogP) is 11.8. The van der Waals surface area contributed by atoms with Crippen LogP contribution in [-0.4, -0.2) is 14.5 Å². The highest BCUT2D eigenvalue weighted by molar-refractivity contribution is 6.14. The maximum absolute atomic E-state index is 6.73. The molecule has 1 aliphatic carbocycles. The van der Waals surface area contributed by atoms with Crippen molar-refractivity contribution in [1.82, 2.24) is 14.5 Å². The molecule has 0 atom stereocenters. The summed E-state index contributed by atoms with van der Waals surface area (Å²) in [6.07, 6.45) is 0. The van der Waals surface area contributed by atoms with Crippen molar-refractivity contribution in [3.8, 4) is 28.3 Å². The van der Waals surface area contributed by atoms with E-state index in [4.69, 9.17) is 14.4 Å². The molecule has 3 heterocycles. The average molecular weight is 628 g/mol. The first-order chi connectivity index (χ1) is 24.0. The van der Waals surface area contributed by atoms with E-state index in [1.54, 1.807) is 0 Å². The third kappa shape index (κ3) is 3.58. The van der Waals surface area contributed by atoms with Gasteiger partial charge in [0.1, 0.15) is 16.8 Å². The van der Waals surface area contributed by atoms with Gasteiger partial charge < -0.3 is 4.42 Å². The number of para-hydroxylation sites is 1. The van der Waals surface area contributed by atoms with Crippen LogP contribution in [0.25, 0.3) is 93.8 Å². The topological polar surface area (TPSA) is 43.9 Å². The number of nitrogens with zero attached hydrogens (tertiary/aromatic N) is 3. The van der Waals surface area contributed by atoms with Gasteiger partial charge in [0.15, 0.2) is 5.58 Å². The van der Waals surface area contributed by atoms with E-state index < -0.39 is 0 Å². The van der Waals surface area contributed by atoms with Gasteiger partial charge in [-0.15, -0.1) is 0 Å². The quantitative estimate of drug-likeness (QED) is 0.192. The van der Waals surface area contributed by atoms with Gasteiger partial charge in [-0.05, 0) is 74.1 Å². The number of furan rings is 1. The predicted molar refractivity (Wildman–Crippen MR) is 202 cm³/mol. The molecule has 10 aromatic rings. The summed E-state index contributed by atoms with van der Waals surface area (Å²) in [5.74, 6) is 0.628. The first-order valence-electron chi connectivity index (χ1n) is 16.8. The lowest BCUT2D eigenvalue weighted by atomic mass is 9.82. The molecule has 4 nitrogen and oxygen atoms in total. The Morgan fingerprint density at radius 3 is 2.08 bits per heavy atom. The Kier molecular flexibility index (Phi) is 5.15. The summed E-state index contributed by atoms with van der Waals surface area (Å²) in [4.78, 5) is 10.9. The summed E-state index contributed by atoms with van der Waals surface area (Å²) >= 11 is 0. The Balaban J connectivity index is 1.29. The molecule has 4 heteroatoms. The van der Waals surface area contributed by atoms with Crippen molar-refractivity contribution in [2.45, 2.75) is 19.3 Å². The van der Waals surface area contributed by atoms with Crippen LogP contribution in [0.1, 0.15) is 25.0 Å².